The van der Waals surface area contributed by atoms with Gasteiger partial charge in [-0.15, -0.1) is 0 Å². The smallest absolute Gasteiger partial charge is 0.327 e. The molecule has 1 aliphatic rings. The van der Waals surface area contributed by atoms with Gasteiger partial charge in [0.2, 0.25) is 11.8 Å². The van der Waals surface area contributed by atoms with Crippen LogP contribution in [0.25, 0.3) is 0 Å². The third-order valence-electron chi connectivity index (χ3n) is 1.86. The van der Waals surface area contributed by atoms with Gasteiger partial charge < -0.3 is 5.11 Å². The zero-order valence-electron chi connectivity index (χ0n) is 6.77. The zero-order chi connectivity index (χ0) is 10.0. The Hall–Kier alpha value is -1.04. The first-order valence-electron chi connectivity index (χ1n) is 3.76. The maximum Gasteiger partial charge on any atom is 0.327 e. The number of nitrogens with zero attached hydrogens (tertiary/aromatic N) is 1. The Morgan fingerprint density at radius 3 is 2.23 bits per heavy atom. The van der Waals surface area contributed by atoms with Crippen molar-refractivity contribution in [2.24, 2.45) is 0 Å². The summed E-state index contributed by atoms with van der Waals surface area (Å²) in [5.74, 6) is -2.09. The molecule has 1 heterocycles. The average Bonchev–Trinajstić information content (AvgIpc) is 2.36. The van der Waals surface area contributed by atoms with Gasteiger partial charge >= 0.3 is 5.97 Å². The Labute approximate surface area is 80.1 Å². The normalized spacial score (nSPS) is 19.3. The van der Waals surface area contributed by atoms with Crippen molar-refractivity contribution in [1.82, 2.24) is 4.90 Å². The van der Waals surface area contributed by atoms with Gasteiger partial charge in [0.25, 0.3) is 0 Å². The number of carboxylic acids is 1. The van der Waals surface area contributed by atoms with Crippen molar-refractivity contribution < 1.29 is 19.5 Å². The summed E-state index contributed by atoms with van der Waals surface area (Å²) in [4.78, 5) is 33.6. The molecule has 0 aliphatic carbocycles. The summed E-state index contributed by atoms with van der Waals surface area (Å²) in [6, 6.07) is -1.12. The topological polar surface area (TPSA) is 74.7 Å². The molecule has 0 aromatic rings. The molecule has 2 amide bonds. The molecule has 0 spiro atoms. The van der Waals surface area contributed by atoms with E-state index in [4.69, 9.17) is 5.11 Å². The highest BCUT2D eigenvalue weighted by Crippen LogP contribution is 2.16. The van der Waals surface area contributed by atoms with Gasteiger partial charge in [0.05, 0.1) is 0 Å². The number of rotatable bonds is 3. The minimum absolute atomic E-state index is 0.0488. The van der Waals surface area contributed by atoms with Crippen LogP contribution in [0, 0.1) is 0 Å². The number of imide groups is 1. The lowest BCUT2D eigenvalue weighted by Gasteiger charge is -2.20. The van der Waals surface area contributed by atoms with Crippen LogP contribution in [0.2, 0.25) is 0 Å². The van der Waals surface area contributed by atoms with E-state index in [1.807, 2.05) is 0 Å². The Morgan fingerprint density at radius 2 is 1.92 bits per heavy atom. The first-order valence-corrected chi connectivity index (χ1v) is 4.39. The molecule has 0 aromatic heterocycles. The van der Waals surface area contributed by atoms with Gasteiger partial charge in [0.1, 0.15) is 6.04 Å². The fraction of sp³-hybridized carbons (Fsp3) is 0.571. The second kappa shape index (κ2) is 3.78. The van der Waals surface area contributed by atoms with Crippen molar-refractivity contribution in [3.05, 3.63) is 0 Å². The minimum Gasteiger partial charge on any atom is -0.480 e. The van der Waals surface area contributed by atoms with E-state index in [0.717, 1.165) is 4.90 Å². The molecule has 0 bridgehead atoms. The number of aliphatic carboxylic acids is 1. The Bertz CT molecular complexity index is 249. The first-order chi connectivity index (χ1) is 6.07. The Balaban J connectivity index is 2.84. The van der Waals surface area contributed by atoms with E-state index in [1.54, 1.807) is 0 Å². The van der Waals surface area contributed by atoms with Gasteiger partial charge in [-0.25, -0.2) is 4.79 Å². The molecule has 0 unspecified atom stereocenters. The van der Waals surface area contributed by atoms with Gasteiger partial charge in [0, 0.05) is 18.6 Å². The Kier molecular flexibility index (Phi) is 2.92. The zero-order valence-corrected chi connectivity index (χ0v) is 7.66. The molecule has 1 rings (SSSR count). The number of likely N-dealkylation sites (tertiary alicyclic amines) is 1. The van der Waals surface area contributed by atoms with Crippen LogP contribution in [0.5, 0.6) is 0 Å². The van der Waals surface area contributed by atoms with E-state index in [2.05, 4.69) is 12.6 Å². The van der Waals surface area contributed by atoms with Gasteiger partial charge in [-0.3, -0.25) is 14.5 Å². The van der Waals surface area contributed by atoms with Crippen LogP contribution in [0.3, 0.4) is 0 Å². The fourth-order valence-electron chi connectivity index (χ4n) is 1.21. The number of thiol groups is 1. The summed E-state index contributed by atoms with van der Waals surface area (Å²) < 4.78 is 0. The number of carboxylic acid groups (broad SMARTS) is 1. The predicted octanol–water partition coefficient (Wildman–Crippen LogP) is -0.482. The van der Waals surface area contributed by atoms with Crippen molar-refractivity contribution in [2.75, 3.05) is 5.75 Å². The monoisotopic (exact) mass is 203 g/mol. The fourth-order valence-corrected chi connectivity index (χ4v) is 1.53. The molecule has 0 aromatic carbocycles. The summed E-state index contributed by atoms with van der Waals surface area (Å²) in [7, 11) is 0. The van der Waals surface area contributed by atoms with E-state index in [-0.39, 0.29) is 18.6 Å². The molecule has 1 aliphatic heterocycles. The molecule has 5 nitrogen and oxygen atoms in total. The quantitative estimate of drug-likeness (QED) is 0.480. The summed E-state index contributed by atoms with van der Waals surface area (Å²) in [6.07, 6.45) is 0.215. The SMILES string of the molecule is O=C(O)[C@H](CS)N1C(=O)CCC1=O. The lowest BCUT2D eigenvalue weighted by Crippen LogP contribution is -2.45. The highest BCUT2D eigenvalue weighted by molar-refractivity contribution is 7.80. The number of hydrogen-bond acceptors (Lipinski definition) is 4. The maximum absolute atomic E-state index is 11.1. The molecule has 0 radical (unpaired) electrons. The van der Waals surface area contributed by atoms with Gasteiger partial charge in [-0.1, -0.05) is 0 Å². The highest BCUT2D eigenvalue weighted by Gasteiger charge is 2.37. The predicted molar refractivity (Wildman–Crippen MR) is 46.4 cm³/mol. The number of carbonyl (C=O) groups is 3. The van der Waals surface area contributed by atoms with Gasteiger partial charge in [-0.2, -0.15) is 12.6 Å². The first kappa shape index (κ1) is 10.0. The van der Waals surface area contributed by atoms with Crippen LogP contribution in [0.1, 0.15) is 12.8 Å². The molecule has 13 heavy (non-hydrogen) atoms. The number of amides is 2. The van der Waals surface area contributed by atoms with E-state index in [1.165, 1.54) is 0 Å². The molecular formula is C7H9NO4S. The van der Waals surface area contributed by atoms with Crippen LogP contribution >= 0.6 is 12.6 Å². The second-order valence-corrected chi connectivity index (χ2v) is 3.06. The van der Waals surface area contributed by atoms with Crippen LogP contribution in [0.4, 0.5) is 0 Å². The molecule has 72 valence electrons. The van der Waals surface area contributed by atoms with E-state index >= 15 is 0 Å². The van der Waals surface area contributed by atoms with Crippen molar-refractivity contribution in [3.8, 4) is 0 Å². The van der Waals surface area contributed by atoms with E-state index in [9.17, 15) is 14.4 Å². The third-order valence-corrected chi connectivity index (χ3v) is 2.21. The summed E-state index contributed by atoms with van der Waals surface area (Å²) >= 11 is 3.78. The molecule has 1 fully saturated rings. The van der Waals surface area contributed by atoms with Crippen molar-refractivity contribution >= 4 is 30.4 Å². The molecule has 1 N–H and O–H groups in total. The van der Waals surface area contributed by atoms with Crippen LogP contribution in [0.15, 0.2) is 0 Å². The summed E-state index contributed by atoms with van der Waals surface area (Å²) in [5.41, 5.74) is 0. The molecule has 6 heteroatoms. The van der Waals surface area contributed by atoms with E-state index in [0.29, 0.717) is 0 Å². The lowest BCUT2D eigenvalue weighted by molar-refractivity contribution is -0.153. The summed E-state index contributed by atoms with van der Waals surface area (Å²) in [6.45, 7) is 0. The molecule has 1 saturated heterocycles. The van der Waals surface area contributed by atoms with Crippen molar-refractivity contribution in [3.63, 3.8) is 0 Å². The highest BCUT2D eigenvalue weighted by atomic mass is 32.1. The second-order valence-electron chi connectivity index (χ2n) is 2.69. The van der Waals surface area contributed by atoms with Crippen LogP contribution in [-0.2, 0) is 14.4 Å². The molecular weight excluding hydrogens is 194 g/mol. The van der Waals surface area contributed by atoms with Crippen LogP contribution < -0.4 is 0 Å². The van der Waals surface area contributed by atoms with Crippen molar-refractivity contribution in [2.45, 2.75) is 18.9 Å². The largest absolute Gasteiger partial charge is 0.480 e. The maximum atomic E-state index is 11.1. The standard InChI is InChI=1S/C7H9NO4S/c9-5-1-2-6(10)8(5)4(3-13)7(11)12/h4,13H,1-3H2,(H,11,12)/t4-/m0/s1. The number of hydrogen-bond donors (Lipinski definition) is 2. The Morgan fingerprint density at radius 1 is 1.46 bits per heavy atom. The third kappa shape index (κ3) is 1.82. The molecule has 0 saturated carbocycles. The van der Waals surface area contributed by atoms with Crippen molar-refractivity contribution in [1.29, 1.82) is 0 Å². The van der Waals surface area contributed by atoms with Crippen LogP contribution in [-0.4, -0.2) is 39.6 Å². The average molecular weight is 203 g/mol. The van der Waals surface area contributed by atoms with Gasteiger partial charge in [-0.05, 0) is 0 Å². The minimum atomic E-state index is -1.20. The van der Waals surface area contributed by atoms with E-state index < -0.39 is 23.8 Å². The lowest BCUT2D eigenvalue weighted by atomic mass is 10.3. The summed E-state index contributed by atoms with van der Waals surface area (Å²) in [5, 5.41) is 8.67. The number of carbonyl (C=O) groups excluding carboxylic acids is 2. The molecule has 1 atom stereocenters. The van der Waals surface area contributed by atoms with Gasteiger partial charge in [0.15, 0.2) is 0 Å².